The average Bonchev–Trinajstić information content (AvgIpc) is 2.36. The fraction of sp³-hybridized carbons (Fsp3) is 0.867. The first-order valence-electron chi connectivity index (χ1n) is 7.31. The predicted molar refractivity (Wildman–Crippen MR) is 76.3 cm³/mol. The third kappa shape index (κ3) is 4.44. The maximum atomic E-state index is 3.73. The van der Waals surface area contributed by atoms with Crippen molar-refractivity contribution in [3.8, 4) is 0 Å². The van der Waals surface area contributed by atoms with Gasteiger partial charge in [0.25, 0.3) is 0 Å². The summed E-state index contributed by atoms with van der Waals surface area (Å²) in [5.41, 5.74) is 0. The van der Waals surface area contributed by atoms with Crippen molar-refractivity contribution >= 4 is 0 Å². The number of nitrogens with one attached hydrogen (secondary N) is 1. The summed E-state index contributed by atoms with van der Waals surface area (Å²) in [6.45, 7) is 12.6. The predicted octanol–water partition coefficient (Wildman–Crippen LogP) is 3.05. The molecule has 0 aromatic carbocycles. The van der Waals surface area contributed by atoms with Gasteiger partial charge >= 0.3 is 0 Å². The summed E-state index contributed by atoms with van der Waals surface area (Å²) in [7, 11) is 0. The largest absolute Gasteiger partial charge is 0.311 e. The van der Waals surface area contributed by atoms with Crippen LogP contribution in [0.5, 0.6) is 0 Å². The van der Waals surface area contributed by atoms with Gasteiger partial charge in [0.05, 0.1) is 0 Å². The molecule has 1 N–H and O–H groups in total. The topological polar surface area (TPSA) is 15.3 Å². The first-order chi connectivity index (χ1) is 8.22. The maximum Gasteiger partial charge on any atom is 0.0250 e. The standard InChI is InChI=1S/C15H30N2/c1-5-8-10-17-12-14(9-6-2)16-11-15(17)13(4)7-3/h5,8,13-16H,6-7,9-12H2,1-4H3/b8-5+. The maximum absolute atomic E-state index is 3.73. The fourth-order valence-corrected chi connectivity index (χ4v) is 2.73. The van der Waals surface area contributed by atoms with Crippen LogP contribution in [0, 0.1) is 5.92 Å². The summed E-state index contributed by atoms with van der Waals surface area (Å²) >= 11 is 0. The van der Waals surface area contributed by atoms with Crippen LogP contribution in [0.4, 0.5) is 0 Å². The molecular formula is C15H30N2. The molecule has 0 spiro atoms. The molecule has 17 heavy (non-hydrogen) atoms. The molecule has 1 aliphatic rings. The van der Waals surface area contributed by atoms with Gasteiger partial charge in [-0.25, -0.2) is 0 Å². The van der Waals surface area contributed by atoms with Crippen molar-refractivity contribution in [2.24, 2.45) is 5.92 Å². The molecule has 2 heteroatoms. The lowest BCUT2D eigenvalue weighted by Gasteiger charge is -2.42. The van der Waals surface area contributed by atoms with Gasteiger partial charge in [-0.3, -0.25) is 4.90 Å². The Bertz CT molecular complexity index is 225. The Balaban J connectivity index is 2.58. The monoisotopic (exact) mass is 238 g/mol. The van der Waals surface area contributed by atoms with Gasteiger partial charge in [-0.15, -0.1) is 0 Å². The summed E-state index contributed by atoms with van der Waals surface area (Å²) < 4.78 is 0. The molecule has 1 heterocycles. The van der Waals surface area contributed by atoms with E-state index in [0.29, 0.717) is 12.1 Å². The number of rotatable bonds is 6. The fourth-order valence-electron chi connectivity index (χ4n) is 2.73. The molecule has 0 saturated carbocycles. The summed E-state index contributed by atoms with van der Waals surface area (Å²) in [6.07, 6.45) is 8.33. The summed E-state index contributed by atoms with van der Waals surface area (Å²) in [5, 5.41) is 3.73. The second-order valence-corrected chi connectivity index (χ2v) is 5.37. The van der Waals surface area contributed by atoms with Crippen LogP contribution in [0.3, 0.4) is 0 Å². The van der Waals surface area contributed by atoms with Gasteiger partial charge < -0.3 is 5.32 Å². The third-order valence-electron chi connectivity index (χ3n) is 4.05. The lowest BCUT2D eigenvalue weighted by molar-refractivity contribution is 0.101. The molecule has 3 atom stereocenters. The summed E-state index contributed by atoms with van der Waals surface area (Å²) in [5.74, 6) is 0.787. The molecule has 0 bridgehead atoms. The van der Waals surface area contributed by atoms with E-state index < -0.39 is 0 Å². The minimum absolute atomic E-state index is 0.700. The summed E-state index contributed by atoms with van der Waals surface area (Å²) in [4.78, 5) is 2.67. The van der Waals surface area contributed by atoms with Crippen molar-refractivity contribution in [3.63, 3.8) is 0 Å². The number of allylic oxidation sites excluding steroid dienone is 1. The Morgan fingerprint density at radius 2 is 2.18 bits per heavy atom. The lowest BCUT2D eigenvalue weighted by atomic mass is 9.93. The first-order valence-corrected chi connectivity index (χ1v) is 7.31. The van der Waals surface area contributed by atoms with Crippen molar-refractivity contribution in [1.82, 2.24) is 10.2 Å². The van der Waals surface area contributed by atoms with Gasteiger partial charge in [0.15, 0.2) is 0 Å². The van der Waals surface area contributed by atoms with Crippen LogP contribution in [-0.4, -0.2) is 36.6 Å². The Morgan fingerprint density at radius 3 is 2.76 bits per heavy atom. The van der Waals surface area contributed by atoms with E-state index in [1.165, 1.54) is 25.8 Å². The van der Waals surface area contributed by atoms with Crippen LogP contribution in [0.2, 0.25) is 0 Å². The number of hydrogen-bond donors (Lipinski definition) is 1. The van der Waals surface area contributed by atoms with Crippen LogP contribution in [0.15, 0.2) is 12.2 Å². The highest BCUT2D eigenvalue weighted by Gasteiger charge is 2.29. The highest BCUT2D eigenvalue weighted by molar-refractivity contribution is 4.92. The molecule has 1 rings (SSSR count). The second kappa shape index (κ2) is 7.88. The highest BCUT2D eigenvalue weighted by atomic mass is 15.2. The van der Waals surface area contributed by atoms with Crippen LogP contribution in [-0.2, 0) is 0 Å². The van der Waals surface area contributed by atoms with Gasteiger partial charge in [0, 0.05) is 31.7 Å². The van der Waals surface area contributed by atoms with Gasteiger partial charge in [-0.2, -0.15) is 0 Å². The van der Waals surface area contributed by atoms with Crippen LogP contribution in [0.25, 0.3) is 0 Å². The Kier molecular flexibility index (Phi) is 6.83. The third-order valence-corrected chi connectivity index (χ3v) is 4.05. The van der Waals surface area contributed by atoms with Crippen molar-refractivity contribution in [2.45, 2.75) is 59.0 Å². The minimum Gasteiger partial charge on any atom is -0.311 e. The van der Waals surface area contributed by atoms with Gasteiger partial charge in [0.1, 0.15) is 0 Å². The molecule has 3 unspecified atom stereocenters. The zero-order valence-corrected chi connectivity index (χ0v) is 12.1. The Hall–Kier alpha value is -0.340. The van der Waals surface area contributed by atoms with Gasteiger partial charge in [-0.1, -0.05) is 45.8 Å². The van der Waals surface area contributed by atoms with E-state index in [9.17, 15) is 0 Å². The molecule has 0 aliphatic carbocycles. The number of piperazine rings is 1. The lowest BCUT2D eigenvalue weighted by Crippen LogP contribution is -2.58. The quantitative estimate of drug-likeness (QED) is 0.716. The van der Waals surface area contributed by atoms with E-state index in [0.717, 1.165) is 19.0 Å². The van der Waals surface area contributed by atoms with Crippen molar-refractivity contribution in [2.75, 3.05) is 19.6 Å². The first kappa shape index (κ1) is 14.7. The van der Waals surface area contributed by atoms with Gasteiger partial charge in [-0.05, 0) is 19.3 Å². The Morgan fingerprint density at radius 1 is 1.41 bits per heavy atom. The van der Waals surface area contributed by atoms with E-state index >= 15 is 0 Å². The van der Waals surface area contributed by atoms with E-state index in [2.05, 4.69) is 50.1 Å². The molecule has 100 valence electrons. The normalized spacial score (nSPS) is 28.7. The number of hydrogen-bond acceptors (Lipinski definition) is 2. The Labute approximate surface area is 107 Å². The SMILES string of the molecule is C/C=C/CN1CC(CCC)NCC1C(C)CC. The van der Waals surface area contributed by atoms with Crippen molar-refractivity contribution in [3.05, 3.63) is 12.2 Å². The summed E-state index contributed by atoms with van der Waals surface area (Å²) in [6, 6.07) is 1.41. The van der Waals surface area contributed by atoms with Crippen LogP contribution >= 0.6 is 0 Å². The van der Waals surface area contributed by atoms with E-state index in [1.807, 2.05) is 0 Å². The molecule has 2 nitrogen and oxygen atoms in total. The van der Waals surface area contributed by atoms with Crippen LogP contribution in [0.1, 0.15) is 47.0 Å². The molecular weight excluding hydrogens is 208 g/mol. The molecule has 1 saturated heterocycles. The van der Waals surface area contributed by atoms with Crippen molar-refractivity contribution < 1.29 is 0 Å². The smallest absolute Gasteiger partial charge is 0.0250 e. The second-order valence-electron chi connectivity index (χ2n) is 5.37. The van der Waals surface area contributed by atoms with Crippen molar-refractivity contribution in [1.29, 1.82) is 0 Å². The highest BCUT2D eigenvalue weighted by Crippen LogP contribution is 2.19. The molecule has 0 amide bonds. The van der Waals surface area contributed by atoms with E-state index in [-0.39, 0.29) is 0 Å². The molecule has 1 fully saturated rings. The molecule has 0 aromatic rings. The molecule has 0 radical (unpaired) electrons. The minimum atomic E-state index is 0.700. The van der Waals surface area contributed by atoms with E-state index in [4.69, 9.17) is 0 Å². The number of nitrogens with zero attached hydrogens (tertiary/aromatic N) is 1. The molecule has 1 aliphatic heterocycles. The van der Waals surface area contributed by atoms with E-state index in [1.54, 1.807) is 0 Å². The zero-order valence-electron chi connectivity index (χ0n) is 12.1. The molecule has 0 aromatic heterocycles. The van der Waals surface area contributed by atoms with Crippen LogP contribution < -0.4 is 5.32 Å². The van der Waals surface area contributed by atoms with Gasteiger partial charge in [0.2, 0.25) is 0 Å². The average molecular weight is 238 g/mol. The zero-order chi connectivity index (χ0) is 12.7.